The number of aryl methyl sites for hydroxylation is 1. The molecule has 0 fully saturated rings. The van der Waals surface area contributed by atoms with Crippen LogP contribution in [0.2, 0.25) is 10.0 Å². The Hall–Kier alpha value is -1.65. The normalized spacial score (nSPS) is 11.4. The molecule has 0 saturated carbocycles. The molecule has 0 aliphatic carbocycles. The molecule has 3 aromatic rings. The smallest absolute Gasteiger partial charge is 0.355 e. The molecule has 10 heteroatoms. The second kappa shape index (κ2) is 7.76. The Morgan fingerprint density at radius 1 is 1.26 bits per heavy atom. The van der Waals surface area contributed by atoms with Gasteiger partial charge in [0.05, 0.1) is 19.3 Å². The molecule has 2 heterocycles. The number of hydrogen-bond acceptors (Lipinski definition) is 4. The Morgan fingerprint density at radius 2 is 1.96 bits per heavy atom. The summed E-state index contributed by atoms with van der Waals surface area (Å²) in [6.07, 6.45) is 0. The number of rotatable bonds is 5. The van der Waals surface area contributed by atoms with Gasteiger partial charge >= 0.3 is 5.97 Å². The summed E-state index contributed by atoms with van der Waals surface area (Å²) in [6, 6.07) is 5.21. The van der Waals surface area contributed by atoms with Gasteiger partial charge in [0.15, 0.2) is 11.5 Å². The number of carboxylic acids is 1. The van der Waals surface area contributed by atoms with Crippen LogP contribution in [-0.4, -0.2) is 35.6 Å². The fourth-order valence-electron chi connectivity index (χ4n) is 2.58. The summed E-state index contributed by atoms with van der Waals surface area (Å²) in [4.78, 5) is 16.2. The molecule has 0 amide bonds. The monoisotopic (exact) mass is 519 g/mol. The maximum atomic E-state index is 11.7. The van der Waals surface area contributed by atoms with Crippen molar-refractivity contribution in [3.05, 3.63) is 43.2 Å². The van der Waals surface area contributed by atoms with Crippen molar-refractivity contribution < 1.29 is 9.90 Å². The molecule has 0 unspecified atom stereocenters. The molecule has 27 heavy (non-hydrogen) atoms. The minimum atomic E-state index is -1.09. The maximum Gasteiger partial charge on any atom is 0.355 e. The number of nitrogens with zero attached hydrogens (tertiary/aromatic N) is 5. The van der Waals surface area contributed by atoms with Gasteiger partial charge < -0.3 is 5.11 Å². The first kappa shape index (κ1) is 20.1. The predicted molar refractivity (Wildman–Crippen MR) is 112 cm³/mol. The van der Waals surface area contributed by atoms with Crippen LogP contribution in [0.5, 0.6) is 0 Å². The SMILES string of the molecule is Cc1nn(-c2nc(-c3ccc(Cl)c(Cl)c3)n(CC(C)C)n2)c(C(=O)O)c1I. The van der Waals surface area contributed by atoms with E-state index in [1.807, 2.05) is 22.6 Å². The standard InChI is InChI=1S/C17H16Cl2IN5O2/c1-8(2)7-24-15(10-4-5-11(18)12(19)6-10)21-17(23-24)25-14(16(26)27)13(20)9(3)22-25/h4-6,8H,7H2,1-3H3,(H,26,27). The lowest BCUT2D eigenvalue weighted by Crippen LogP contribution is -2.12. The number of carbonyl (C=O) groups is 1. The van der Waals surface area contributed by atoms with E-state index in [1.54, 1.807) is 29.8 Å². The minimum absolute atomic E-state index is 0.0375. The molecular formula is C17H16Cl2IN5O2. The molecule has 0 atom stereocenters. The lowest BCUT2D eigenvalue weighted by molar-refractivity contribution is 0.0685. The first-order valence-electron chi connectivity index (χ1n) is 8.08. The van der Waals surface area contributed by atoms with Crippen LogP contribution in [0.1, 0.15) is 30.0 Å². The third-order valence-corrected chi connectivity index (χ3v) is 5.79. The van der Waals surface area contributed by atoms with Crippen molar-refractivity contribution in [1.29, 1.82) is 0 Å². The van der Waals surface area contributed by atoms with Crippen LogP contribution in [0.4, 0.5) is 0 Å². The molecular weight excluding hydrogens is 504 g/mol. The molecule has 3 rings (SSSR count). The minimum Gasteiger partial charge on any atom is -0.476 e. The molecule has 0 aliphatic heterocycles. The van der Waals surface area contributed by atoms with Crippen molar-refractivity contribution >= 4 is 51.8 Å². The largest absolute Gasteiger partial charge is 0.476 e. The Balaban J connectivity index is 2.20. The van der Waals surface area contributed by atoms with Gasteiger partial charge in [-0.25, -0.2) is 9.48 Å². The average Bonchev–Trinajstić information content (AvgIpc) is 3.11. The van der Waals surface area contributed by atoms with Gasteiger partial charge in [-0.2, -0.15) is 14.8 Å². The first-order valence-corrected chi connectivity index (χ1v) is 9.91. The molecule has 1 aromatic carbocycles. The van der Waals surface area contributed by atoms with E-state index in [0.29, 0.717) is 37.6 Å². The van der Waals surface area contributed by atoms with Crippen LogP contribution >= 0.6 is 45.8 Å². The third kappa shape index (κ3) is 3.97. The number of aromatic nitrogens is 5. The third-order valence-electron chi connectivity index (χ3n) is 3.76. The van der Waals surface area contributed by atoms with Crippen molar-refractivity contribution in [1.82, 2.24) is 24.5 Å². The van der Waals surface area contributed by atoms with E-state index >= 15 is 0 Å². The predicted octanol–water partition coefficient (Wildman–Crippen LogP) is 4.70. The Kier molecular flexibility index (Phi) is 5.78. The Morgan fingerprint density at radius 3 is 2.56 bits per heavy atom. The van der Waals surface area contributed by atoms with E-state index < -0.39 is 5.97 Å². The second-order valence-corrected chi connectivity index (χ2v) is 8.30. The molecule has 2 aromatic heterocycles. The summed E-state index contributed by atoms with van der Waals surface area (Å²) in [5, 5.41) is 19.2. The summed E-state index contributed by atoms with van der Waals surface area (Å²) >= 11 is 14.1. The zero-order chi connectivity index (χ0) is 19.9. The van der Waals surface area contributed by atoms with Gasteiger partial charge in [0.25, 0.3) is 5.95 Å². The van der Waals surface area contributed by atoms with Crippen molar-refractivity contribution in [3.8, 4) is 17.3 Å². The van der Waals surface area contributed by atoms with Crippen LogP contribution in [0, 0.1) is 16.4 Å². The zero-order valence-corrected chi connectivity index (χ0v) is 18.4. The fraction of sp³-hybridized carbons (Fsp3) is 0.294. The summed E-state index contributed by atoms with van der Waals surface area (Å²) < 4.78 is 3.54. The first-order chi connectivity index (χ1) is 12.7. The lowest BCUT2D eigenvalue weighted by atomic mass is 10.2. The van der Waals surface area contributed by atoms with Crippen LogP contribution in [0.25, 0.3) is 17.3 Å². The van der Waals surface area contributed by atoms with Gasteiger partial charge in [-0.15, -0.1) is 5.10 Å². The van der Waals surface area contributed by atoms with E-state index in [2.05, 4.69) is 29.0 Å². The van der Waals surface area contributed by atoms with Crippen LogP contribution in [-0.2, 0) is 6.54 Å². The average molecular weight is 520 g/mol. The molecule has 142 valence electrons. The highest BCUT2D eigenvalue weighted by atomic mass is 127. The number of hydrogen-bond donors (Lipinski definition) is 1. The van der Waals surface area contributed by atoms with Gasteiger partial charge in [0.1, 0.15) is 0 Å². The number of aromatic carboxylic acids is 1. The summed E-state index contributed by atoms with van der Waals surface area (Å²) in [7, 11) is 0. The van der Waals surface area contributed by atoms with Crippen LogP contribution in [0.15, 0.2) is 18.2 Å². The number of carboxylic acid groups (broad SMARTS) is 1. The summed E-state index contributed by atoms with van der Waals surface area (Å²) in [5.74, 6) is -0.0206. The molecule has 0 bridgehead atoms. The van der Waals surface area contributed by atoms with Gasteiger partial charge in [0.2, 0.25) is 0 Å². The van der Waals surface area contributed by atoms with Crippen molar-refractivity contribution in [2.45, 2.75) is 27.3 Å². The highest BCUT2D eigenvalue weighted by Gasteiger charge is 2.24. The topological polar surface area (TPSA) is 85.8 Å². The van der Waals surface area contributed by atoms with Crippen molar-refractivity contribution in [2.75, 3.05) is 0 Å². The second-order valence-electron chi connectivity index (χ2n) is 6.41. The van der Waals surface area contributed by atoms with E-state index in [4.69, 9.17) is 23.2 Å². The van der Waals surface area contributed by atoms with Gasteiger partial charge in [-0.1, -0.05) is 37.0 Å². The fourth-order valence-corrected chi connectivity index (χ4v) is 3.44. The zero-order valence-electron chi connectivity index (χ0n) is 14.7. The number of benzene rings is 1. The van der Waals surface area contributed by atoms with E-state index in [9.17, 15) is 9.90 Å². The van der Waals surface area contributed by atoms with Crippen LogP contribution < -0.4 is 0 Å². The maximum absolute atomic E-state index is 11.7. The van der Waals surface area contributed by atoms with Gasteiger partial charge in [-0.3, -0.25) is 0 Å². The molecule has 1 N–H and O–H groups in total. The molecule has 0 saturated heterocycles. The summed E-state index contributed by atoms with van der Waals surface area (Å²) in [6.45, 7) is 6.46. The molecule has 0 spiro atoms. The summed E-state index contributed by atoms with van der Waals surface area (Å²) in [5.41, 5.74) is 1.37. The number of halogens is 3. The highest BCUT2D eigenvalue weighted by molar-refractivity contribution is 14.1. The van der Waals surface area contributed by atoms with Crippen LogP contribution in [0.3, 0.4) is 0 Å². The van der Waals surface area contributed by atoms with Crippen molar-refractivity contribution in [2.24, 2.45) is 5.92 Å². The Bertz CT molecular complexity index is 1030. The van der Waals surface area contributed by atoms with Crippen molar-refractivity contribution in [3.63, 3.8) is 0 Å². The Labute approximate surface area is 179 Å². The molecule has 0 radical (unpaired) electrons. The van der Waals surface area contributed by atoms with E-state index in [0.717, 1.165) is 5.56 Å². The van der Waals surface area contributed by atoms with Gasteiger partial charge in [0, 0.05) is 12.1 Å². The van der Waals surface area contributed by atoms with E-state index in [1.165, 1.54) is 4.68 Å². The highest BCUT2D eigenvalue weighted by Crippen LogP contribution is 2.29. The molecule has 7 nitrogen and oxygen atoms in total. The lowest BCUT2D eigenvalue weighted by Gasteiger charge is -2.08. The van der Waals surface area contributed by atoms with E-state index in [-0.39, 0.29) is 11.6 Å². The van der Waals surface area contributed by atoms with Gasteiger partial charge in [-0.05, 0) is 53.6 Å². The molecule has 0 aliphatic rings. The quantitative estimate of drug-likeness (QED) is 0.493.